The van der Waals surface area contributed by atoms with Crippen molar-refractivity contribution in [1.82, 2.24) is 0 Å². The number of aromatic hydroxyl groups is 1. The summed E-state index contributed by atoms with van der Waals surface area (Å²) in [5, 5.41) is 9.06. The van der Waals surface area contributed by atoms with Crippen molar-refractivity contribution in [2.75, 3.05) is 6.54 Å². The minimum absolute atomic E-state index is 0.294. The van der Waals surface area contributed by atoms with Crippen molar-refractivity contribution >= 4 is 6.08 Å². The maximum Gasteiger partial charge on any atom is 0.115 e. The van der Waals surface area contributed by atoms with Crippen molar-refractivity contribution in [1.29, 1.82) is 0 Å². The summed E-state index contributed by atoms with van der Waals surface area (Å²) in [4.78, 5) is 0. The highest BCUT2D eigenvalue weighted by Crippen LogP contribution is 2.13. The van der Waals surface area contributed by atoms with Crippen LogP contribution in [0.5, 0.6) is 5.75 Å². The molecule has 0 amide bonds. The fourth-order valence-corrected chi connectivity index (χ4v) is 1.11. The van der Waals surface area contributed by atoms with Crippen molar-refractivity contribution in [3.8, 4) is 5.75 Å². The average molecular weight is 177 g/mol. The SMILES string of the molecule is CC/C(=C/c1ccc(O)cc1)CN. The molecule has 0 aromatic heterocycles. The highest BCUT2D eigenvalue weighted by molar-refractivity contribution is 5.54. The molecule has 0 spiro atoms. The second-order valence-corrected chi connectivity index (χ2v) is 2.95. The Morgan fingerprint density at radius 2 is 2.00 bits per heavy atom. The predicted molar refractivity (Wildman–Crippen MR) is 55.4 cm³/mol. The Morgan fingerprint density at radius 1 is 1.38 bits per heavy atom. The summed E-state index contributed by atoms with van der Waals surface area (Å²) < 4.78 is 0. The van der Waals surface area contributed by atoms with E-state index in [-0.39, 0.29) is 0 Å². The Hall–Kier alpha value is -1.28. The van der Waals surface area contributed by atoms with Crippen LogP contribution < -0.4 is 5.73 Å². The molecule has 0 heterocycles. The third-order valence-electron chi connectivity index (χ3n) is 1.98. The van der Waals surface area contributed by atoms with Gasteiger partial charge in [-0.1, -0.05) is 30.7 Å². The van der Waals surface area contributed by atoms with E-state index in [1.54, 1.807) is 12.1 Å². The molecule has 0 saturated carbocycles. The lowest BCUT2D eigenvalue weighted by atomic mass is 10.1. The topological polar surface area (TPSA) is 46.2 Å². The Morgan fingerprint density at radius 3 is 2.46 bits per heavy atom. The molecule has 0 unspecified atom stereocenters. The van der Waals surface area contributed by atoms with Gasteiger partial charge in [0.1, 0.15) is 5.75 Å². The Balaban J connectivity index is 2.84. The van der Waals surface area contributed by atoms with Crippen LogP contribution in [0.3, 0.4) is 0 Å². The predicted octanol–water partition coefficient (Wildman–Crippen LogP) is 2.14. The minimum Gasteiger partial charge on any atom is -0.508 e. The molecule has 1 rings (SSSR count). The maximum atomic E-state index is 9.06. The molecule has 1 aromatic rings. The molecule has 0 aliphatic heterocycles. The highest BCUT2D eigenvalue weighted by Gasteiger charge is 1.92. The van der Waals surface area contributed by atoms with E-state index >= 15 is 0 Å². The number of nitrogens with two attached hydrogens (primary N) is 1. The highest BCUT2D eigenvalue weighted by atomic mass is 16.3. The summed E-state index contributed by atoms with van der Waals surface area (Å²) in [6.45, 7) is 2.68. The standard InChI is InChI=1S/C11H15NO/c1-2-9(8-12)7-10-3-5-11(13)6-4-10/h3-7,13H,2,8,12H2,1H3/b9-7-. The van der Waals surface area contributed by atoms with E-state index in [4.69, 9.17) is 10.8 Å². The van der Waals surface area contributed by atoms with Crippen molar-refractivity contribution in [2.24, 2.45) is 5.73 Å². The summed E-state index contributed by atoms with van der Waals surface area (Å²) in [5.41, 5.74) is 7.84. The number of phenols is 1. The molecule has 0 radical (unpaired) electrons. The van der Waals surface area contributed by atoms with Crippen LogP contribution in [0.4, 0.5) is 0 Å². The van der Waals surface area contributed by atoms with Gasteiger partial charge in [-0.3, -0.25) is 0 Å². The maximum absolute atomic E-state index is 9.06. The van der Waals surface area contributed by atoms with Gasteiger partial charge >= 0.3 is 0 Å². The number of hydrogen-bond acceptors (Lipinski definition) is 2. The van der Waals surface area contributed by atoms with Crippen molar-refractivity contribution in [3.05, 3.63) is 35.4 Å². The first-order chi connectivity index (χ1) is 6.26. The number of phenolic OH excluding ortho intramolecular Hbond substituents is 1. The molecule has 0 bridgehead atoms. The molecule has 1 aromatic carbocycles. The van der Waals surface area contributed by atoms with E-state index in [0.29, 0.717) is 12.3 Å². The Bertz CT molecular complexity index is 281. The van der Waals surface area contributed by atoms with Gasteiger partial charge in [-0.25, -0.2) is 0 Å². The van der Waals surface area contributed by atoms with Crippen LogP contribution >= 0.6 is 0 Å². The summed E-state index contributed by atoms with van der Waals surface area (Å²) in [7, 11) is 0. The van der Waals surface area contributed by atoms with Crippen LogP contribution in [0.15, 0.2) is 29.8 Å². The Labute approximate surface area is 78.7 Å². The van der Waals surface area contributed by atoms with Crippen molar-refractivity contribution < 1.29 is 5.11 Å². The summed E-state index contributed by atoms with van der Waals surface area (Å²) >= 11 is 0. The number of hydrogen-bond donors (Lipinski definition) is 2. The first kappa shape index (κ1) is 9.81. The quantitative estimate of drug-likeness (QED) is 0.743. The average Bonchev–Trinajstić information content (AvgIpc) is 2.17. The molecule has 3 N–H and O–H groups in total. The van der Waals surface area contributed by atoms with Crippen LogP contribution in [0.2, 0.25) is 0 Å². The van der Waals surface area contributed by atoms with E-state index in [1.165, 1.54) is 5.57 Å². The lowest BCUT2D eigenvalue weighted by Crippen LogP contribution is -2.01. The van der Waals surface area contributed by atoms with Crippen LogP contribution in [0, 0.1) is 0 Å². The van der Waals surface area contributed by atoms with Crippen molar-refractivity contribution in [2.45, 2.75) is 13.3 Å². The largest absolute Gasteiger partial charge is 0.508 e. The Kier molecular flexibility index (Phi) is 3.53. The second-order valence-electron chi connectivity index (χ2n) is 2.95. The lowest BCUT2D eigenvalue weighted by Gasteiger charge is -2.00. The van der Waals surface area contributed by atoms with Crippen LogP contribution in [-0.2, 0) is 0 Å². The van der Waals surface area contributed by atoms with Gasteiger partial charge in [0, 0.05) is 6.54 Å². The zero-order chi connectivity index (χ0) is 9.68. The van der Waals surface area contributed by atoms with Crippen LogP contribution in [0.1, 0.15) is 18.9 Å². The molecule has 0 saturated heterocycles. The van der Waals surface area contributed by atoms with E-state index in [9.17, 15) is 0 Å². The zero-order valence-corrected chi connectivity index (χ0v) is 7.83. The number of rotatable bonds is 3. The van der Waals surface area contributed by atoms with E-state index in [1.807, 2.05) is 12.1 Å². The lowest BCUT2D eigenvalue weighted by molar-refractivity contribution is 0.475. The molecular weight excluding hydrogens is 162 g/mol. The van der Waals surface area contributed by atoms with Gasteiger partial charge in [0.25, 0.3) is 0 Å². The van der Waals surface area contributed by atoms with Gasteiger partial charge in [0.05, 0.1) is 0 Å². The van der Waals surface area contributed by atoms with E-state index in [0.717, 1.165) is 12.0 Å². The molecule has 0 aliphatic rings. The third-order valence-corrected chi connectivity index (χ3v) is 1.98. The molecular formula is C11H15NO. The summed E-state index contributed by atoms with van der Waals surface area (Å²) in [6, 6.07) is 7.10. The zero-order valence-electron chi connectivity index (χ0n) is 7.83. The normalized spacial score (nSPS) is 11.7. The fraction of sp³-hybridized carbons (Fsp3) is 0.273. The molecule has 0 atom stereocenters. The van der Waals surface area contributed by atoms with E-state index in [2.05, 4.69) is 13.0 Å². The smallest absolute Gasteiger partial charge is 0.115 e. The van der Waals surface area contributed by atoms with Gasteiger partial charge < -0.3 is 10.8 Å². The van der Waals surface area contributed by atoms with Crippen molar-refractivity contribution in [3.63, 3.8) is 0 Å². The van der Waals surface area contributed by atoms with Gasteiger partial charge in [0.2, 0.25) is 0 Å². The molecule has 2 nitrogen and oxygen atoms in total. The molecule has 0 fully saturated rings. The van der Waals surface area contributed by atoms with Crippen LogP contribution in [-0.4, -0.2) is 11.7 Å². The fourth-order valence-electron chi connectivity index (χ4n) is 1.11. The molecule has 2 heteroatoms. The first-order valence-electron chi connectivity index (χ1n) is 4.44. The second kappa shape index (κ2) is 4.67. The summed E-state index contributed by atoms with van der Waals surface area (Å²) in [6.07, 6.45) is 3.02. The summed E-state index contributed by atoms with van der Waals surface area (Å²) in [5.74, 6) is 0.294. The third kappa shape index (κ3) is 2.92. The minimum atomic E-state index is 0.294. The molecule has 13 heavy (non-hydrogen) atoms. The number of benzene rings is 1. The van der Waals surface area contributed by atoms with Gasteiger partial charge in [-0.05, 0) is 24.1 Å². The van der Waals surface area contributed by atoms with Crippen LogP contribution in [0.25, 0.3) is 6.08 Å². The van der Waals surface area contributed by atoms with E-state index < -0.39 is 0 Å². The van der Waals surface area contributed by atoms with Gasteiger partial charge in [-0.15, -0.1) is 0 Å². The van der Waals surface area contributed by atoms with Gasteiger partial charge in [-0.2, -0.15) is 0 Å². The monoisotopic (exact) mass is 177 g/mol. The molecule has 70 valence electrons. The molecule has 0 aliphatic carbocycles. The van der Waals surface area contributed by atoms with Gasteiger partial charge in [0.15, 0.2) is 0 Å². The first-order valence-corrected chi connectivity index (χ1v) is 4.44.